The first kappa shape index (κ1) is 17.2. The van der Waals surface area contributed by atoms with Gasteiger partial charge in [0.1, 0.15) is 0 Å². The molecule has 0 unspecified atom stereocenters. The molecule has 0 aliphatic carbocycles. The van der Waals surface area contributed by atoms with Crippen LogP contribution in [0.4, 0.5) is 0 Å². The van der Waals surface area contributed by atoms with Gasteiger partial charge >= 0.3 is 0 Å². The molecular weight excluding hydrogens is 222 g/mol. The summed E-state index contributed by atoms with van der Waals surface area (Å²) >= 11 is 0. The Morgan fingerprint density at radius 2 is 1.67 bits per heavy atom. The number of carbonyl (C=O) groups is 1. The zero-order chi connectivity index (χ0) is 13.6. The van der Waals surface area contributed by atoms with Crippen molar-refractivity contribution in [2.75, 3.05) is 6.54 Å². The van der Waals surface area contributed by atoms with Crippen LogP contribution < -0.4 is 5.32 Å². The van der Waals surface area contributed by atoms with Crippen molar-refractivity contribution in [3.05, 3.63) is 12.2 Å². The lowest BCUT2D eigenvalue weighted by molar-refractivity contribution is -0.116. The molecule has 0 saturated carbocycles. The lowest BCUT2D eigenvalue weighted by atomic mass is 10.1. The van der Waals surface area contributed by atoms with Crippen LogP contribution in [0.25, 0.3) is 0 Å². The van der Waals surface area contributed by atoms with Gasteiger partial charge < -0.3 is 5.32 Å². The Kier molecular flexibility index (Phi) is 12.1. The van der Waals surface area contributed by atoms with Gasteiger partial charge in [0.05, 0.1) is 0 Å². The molecule has 0 aromatic heterocycles. The fraction of sp³-hybridized carbons (Fsp3) is 0.812. The van der Waals surface area contributed by atoms with Gasteiger partial charge in [0.25, 0.3) is 0 Å². The Labute approximate surface area is 113 Å². The third-order valence-electron chi connectivity index (χ3n) is 2.93. The molecular formula is C16H31NO. The van der Waals surface area contributed by atoms with Crippen molar-refractivity contribution < 1.29 is 4.79 Å². The van der Waals surface area contributed by atoms with E-state index in [0.29, 0.717) is 5.92 Å². The van der Waals surface area contributed by atoms with E-state index in [-0.39, 0.29) is 5.91 Å². The van der Waals surface area contributed by atoms with Crippen LogP contribution in [0, 0.1) is 5.92 Å². The summed E-state index contributed by atoms with van der Waals surface area (Å²) in [5.41, 5.74) is 0. The molecule has 0 rings (SSSR count). The second-order valence-electron chi connectivity index (χ2n) is 5.45. The Balaban J connectivity index is 3.29. The number of amides is 1. The standard InChI is InChI=1S/C16H31NO/c1-4-5-6-7-8-9-10-11-12-13-16(18)17-14-15(2)3/h12-13,15H,4-11,14H2,1-3H3,(H,17,18). The van der Waals surface area contributed by atoms with Crippen molar-refractivity contribution in [1.29, 1.82) is 0 Å². The first-order valence-electron chi connectivity index (χ1n) is 7.61. The zero-order valence-corrected chi connectivity index (χ0v) is 12.5. The molecule has 0 aliphatic rings. The molecule has 1 N–H and O–H groups in total. The molecule has 0 spiro atoms. The monoisotopic (exact) mass is 253 g/mol. The second-order valence-corrected chi connectivity index (χ2v) is 5.45. The minimum atomic E-state index is 0.0478. The molecule has 0 radical (unpaired) electrons. The summed E-state index contributed by atoms with van der Waals surface area (Å²) in [6.07, 6.45) is 14.0. The van der Waals surface area contributed by atoms with Crippen LogP contribution in [-0.4, -0.2) is 12.5 Å². The molecule has 0 heterocycles. The van der Waals surface area contributed by atoms with Gasteiger partial charge in [0.2, 0.25) is 5.91 Å². The average molecular weight is 253 g/mol. The highest BCUT2D eigenvalue weighted by atomic mass is 16.1. The third kappa shape index (κ3) is 13.3. The molecule has 2 heteroatoms. The van der Waals surface area contributed by atoms with Gasteiger partial charge in [-0.2, -0.15) is 0 Å². The van der Waals surface area contributed by atoms with Gasteiger partial charge in [-0.1, -0.05) is 65.4 Å². The van der Waals surface area contributed by atoms with Crippen molar-refractivity contribution in [2.45, 2.75) is 72.1 Å². The maximum absolute atomic E-state index is 11.4. The third-order valence-corrected chi connectivity index (χ3v) is 2.93. The lowest BCUT2D eigenvalue weighted by Gasteiger charge is -2.04. The molecule has 106 valence electrons. The summed E-state index contributed by atoms with van der Waals surface area (Å²) in [5.74, 6) is 0.567. The highest BCUT2D eigenvalue weighted by Crippen LogP contribution is 2.08. The normalized spacial score (nSPS) is 11.3. The zero-order valence-electron chi connectivity index (χ0n) is 12.5. The lowest BCUT2D eigenvalue weighted by Crippen LogP contribution is -2.25. The van der Waals surface area contributed by atoms with Crippen LogP contribution in [-0.2, 0) is 4.79 Å². The van der Waals surface area contributed by atoms with Crippen molar-refractivity contribution >= 4 is 5.91 Å². The quantitative estimate of drug-likeness (QED) is 0.427. The van der Waals surface area contributed by atoms with Crippen LogP contribution in [0.2, 0.25) is 0 Å². The summed E-state index contributed by atoms with van der Waals surface area (Å²) in [6.45, 7) is 7.21. The Hall–Kier alpha value is -0.790. The first-order chi connectivity index (χ1) is 8.66. The van der Waals surface area contributed by atoms with E-state index in [0.717, 1.165) is 13.0 Å². The fourth-order valence-corrected chi connectivity index (χ4v) is 1.77. The number of hydrogen-bond donors (Lipinski definition) is 1. The molecule has 0 aromatic carbocycles. The highest BCUT2D eigenvalue weighted by molar-refractivity contribution is 5.87. The average Bonchev–Trinajstić information content (AvgIpc) is 2.34. The van der Waals surface area contributed by atoms with E-state index >= 15 is 0 Å². The van der Waals surface area contributed by atoms with Crippen LogP contribution in [0.15, 0.2) is 12.2 Å². The topological polar surface area (TPSA) is 29.1 Å². The summed E-state index contributed by atoms with van der Waals surface area (Å²) in [6, 6.07) is 0. The van der Waals surface area contributed by atoms with Crippen molar-refractivity contribution in [1.82, 2.24) is 5.32 Å². The van der Waals surface area contributed by atoms with Gasteiger partial charge in [-0.15, -0.1) is 0 Å². The van der Waals surface area contributed by atoms with Gasteiger partial charge in [0.15, 0.2) is 0 Å². The van der Waals surface area contributed by atoms with Crippen LogP contribution in [0.5, 0.6) is 0 Å². The Morgan fingerprint density at radius 1 is 1.06 bits per heavy atom. The van der Waals surface area contributed by atoms with Crippen LogP contribution in [0.1, 0.15) is 72.1 Å². The molecule has 0 bridgehead atoms. The van der Waals surface area contributed by atoms with E-state index in [2.05, 4.69) is 26.1 Å². The molecule has 1 amide bonds. The molecule has 0 aliphatic heterocycles. The van der Waals surface area contributed by atoms with E-state index in [4.69, 9.17) is 0 Å². The van der Waals surface area contributed by atoms with Crippen molar-refractivity contribution in [3.63, 3.8) is 0 Å². The first-order valence-corrected chi connectivity index (χ1v) is 7.61. The molecule has 0 atom stereocenters. The van der Waals surface area contributed by atoms with Crippen molar-refractivity contribution in [2.24, 2.45) is 5.92 Å². The Morgan fingerprint density at radius 3 is 2.28 bits per heavy atom. The number of carbonyl (C=O) groups excluding carboxylic acids is 1. The maximum Gasteiger partial charge on any atom is 0.243 e. The van der Waals surface area contributed by atoms with Crippen molar-refractivity contribution in [3.8, 4) is 0 Å². The largest absolute Gasteiger partial charge is 0.352 e. The summed E-state index contributed by atoms with van der Waals surface area (Å²) in [4.78, 5) is 11.4. The number of unbranched alkanes of at least 4 members (excludes halogenated alkanes) is 7. The predicted molar refractivity (Wildman–Crippen MR) is 79.6 cm³/mol. The fourth-order valence-electron chi connectivity index (χ4n) is 1.77. The van der Waals surface area contributed by atoms with E-state index in [1.807, 2.05) is 6.08 Å². The summed E-state index contributed by atoms with van der Waals surface area (Å²) < 4.78 is 0. The molecule has 0 saturated heterocycles. The number of rotatable bonds is 11. The predicted octanol–water partition coefficient (Wildman–Crippen LogP) is 4.46. The SMILES string of the molecule is CCCCCCCCCC=CC(=O)NCC(C)C. The summed E-state index contributed by atoms with van der Waals surface area (Å²) in [5, 5.41) is 2.88. The molecule has 0 aromatic rings. The van der Waals surface area contributed by atoms with Gasteiger partial charge in [-0.25, -0.2) is 0 Å². The minimum Gasteiger partial charge on any atom is -0.352 e. The van der Waals surface area contributed by atoms with Gasteiger partial charge in [0, 0.05) is 6.54 Å². The van der Waals surface area contributed by atoms with E-state index in [1.54, 1.807) is 6.08 Å². The number of hydrogen-bond acceptors (Lipinski definition) is 1. The number of nitrogens with one attached hydrogen (secondary N) is 1. The Bertz CT molecular complexity index is 221. The van der Waals surface area contributed by atoms with Crippen LogP contribution >= 0.6 is 0 Å². The smallest absolute Gasteiger partial charge is 0.243 e. The van der Waals surface area contributed by atoms with Crippen LogP contribution in [0.3, 0.4) is 0 Å². The van der Waals surface area contributed by atoms with E-state index in [1.165, 1.54) is 44.9 Å². The maximum atomic E-state index is 11.4. The molecule has 18 heavy (non-hydrogen) atoms. The second kappa shape index (κ2) is 12.7. The van der Waals surface area contributed by atoms with E-state index in [9.17, 15) is 4.79 Å². The minimum absolute atomic E-state index is 0.0478. The number of allylic oxidation sites excluding steroid dienone is 1. The highest BCUT2D eigenvalue weighted by Gasteiger charge is 1.96. The van der Waals surface area contributed by atoms with Gasteiger partial charge in [-0.3, -0.25) is 4.79 Å². The van der Waals surface area contributed by atoms with Gasteiger partial charge in [-0.05, 0) is 24.8 Å². The van der Waals surface area contributed by atoms with E-state index < -0.39 is 0 Å². The molecule has 0 fully saturated rings. The summed E-state index contributed by atoms with van der Waals surface area (Å²) in [7, 11) is 0. The molecule has 2 nitrogen and oxygen atoms in total.